The summed E-state index contributed by atoms with van der Waals surface area (Å²) in [5.41, 5.74) is 5.27. The van der Waals surface area contributed by atoms with Crippen molar-refractivity contribution in [3.05, 3.63) is 0 Å². The van der Waals surface area contributed by atoms with Crippen LogP contribution in [0.2, 0.25) is 0 Å². The normalized spacial score (nSPS) is 21.6. The molecule has 1 heterocycles. The fourth-order valence-electron chi connectivity index (χ4n) is 3.14. The van der Waals surface area contributed by atoms with Crippen LogP contribution in [0.15, 0.2) is 0 Å². The first-order chi connectivity index (χ1) is 10.3. The number of rotatable bonds is 9. The zero-order valence-electron chi connectivity index (χ0n) is 15.0. The van der Waals surface area contributed by atoms with Crippen LogP contribution in [0.3, 0.4) is 0 Å². The number of hydrogen-bond donors (Lipinski definition) is 2. The first kappa shape index (κ1) is 19.4. The Morgan fingerprint density at radius 3 is 2.36 bits per heavy atom. The Morgan fingerprint density at radius 1 is 1.18 bits per heavy atom. The van der Waals surface area contributed by atoms with Gasteiger partial charge in [0.25, 0.3) is 0 Å². The molecule has 0 aromatic rings. The summed E-state index contributed by atoms with van der Waals surface area (Å²) in [5.74, 6) is -0.0275. The molecule has 0 amide bonds. The average Bonchev–Trinajstić information content (AvgIpc) is 2.95. The molecule has 0 radical (unpaired) electrons. The van der Waals surface area contributed by atoms with Crippen molar-refractivity contribution < 1.29 is 9.53 Å². The Kier molecular flexibility index (Phi) is 7.84. The highest BCUT2D eigenvalue weighted by atomic mass is 16.6. The van der Waals surface area contributed by atoms with Gasteiger partial charge in [0.2, 0.25) is 0 Å². The van der Waals surface area contributed by atoms with Crippen LogP contribution in [-0.2, 0) is 9.53 Å². The molecule has 0 aromatic carbocycles. The molecule has 0 spiro atoms. The van der Waals surface area contributed by atoms with Gasteiger partial charge >= 0.3 is 5.97 Å². The zero-order chi connectivity index (χ0) is 16.6. The molecule has 0 aliphatic carbocycles. The maximum Gasteiger partial charge on any atom is 0.326 e. The highest BCUT2D eigenvalue weighted by Gasteiger charge is 2.45. The van der Waals surface area contributed by atoms with Gasteiger partial charge in [-0.05, 0) is 40.2 Å². The highest BCUT2D eigenvalue weighted by molar-refractivity contribution is 5.81. The van der Waals surface area contributed by atoms with E-state index in [1.54, 1.807) is 0 Å². The molecular weight excluding hydrogens is 276 g/mol. The van der Waals surface area contributed by atoms with Crippen LogP contribution in [0, 0.1) is 5.92 Å². The van der Waals surface area contributed by atoms with Crippen LogP contribution >= 0.6 is 0 Å². The molecule has 0 bridgehead atoms. The molecule has 1 rings (SSSR count). The molecule has 1 saturated heterocycles. The van der Waals surface area contributed by atoms with Crippen molar-refractivity contribution in [2.24, 2.45) is 11.7 Å². The summed E-state index contributed by atoms with van der Waals surface area (Å²) < 4.78 is 5.62. The molecular formula is C18H36N2O2. The maximum absolute atomic E-state index is 12.7. The second-order valence-corrected chi connectivity index (χ2v) is 7.75. The van der Waals surface area contributed by atoms with Gasteiger partial charge in [0.05, 0.1) is 0 Å². The minimum absolute atomic E-state index is 0.193. The number of unbranched alkanes of at least 4 members (excludes halogenated alkanes) is 5. The largest absolute Gasteiger partial charge is 0.459 e. The van der Waals surface area contributed by atoms with E-state index >= 15 is 0 Å². The summed E-state index contributed by atoms with van der Waals surface area (Å²) in [6.45, 7) is 9.71. The number of carbonyl (C=O) groups is 1. The van der Waals surface area contributed by atoms with Gasteiger partial charge in [0.1, 0.15) is 11.1 Å². The van der Waals surface area contributed by atoms with Crippen molar-refractivity contribution in [2.75, 3.05) is 13.1 Å². The lowest BCUT2D eigenvalue weighted by Gasteiger charge is -2.35. The lowest BCUT2D eigenvalue weighted by Crippen LogP contribution is -2.57. The third-order valence-electron chi connectivity index (χ3n) is 4.51. The van der Waals surface area contributed by atoms with Crippen LogP contribution in [0.25, 0.3) is 0 Å². The molecule has 130 valence electrons. The third kappa shape index (κ3) is 6.25. The standard InChI is InChI=1S/C18H36N2O2/c1-5-6-7-8-9-10-12-18(19,15-11-13-20-14-15)16(21)22-17(2,3)4/h15,20H,5-14,19H2,1-4H3/t15?,18-/m1/s1. The van der Waals surface area contributed by atoms with Crippen molar-refractivity contribution in [1.29, 1.82) is 0 Å². The Bertz CT molecular complexity index is 332. The van der Waals surface area contributed by atoms with Gasteiger partial charge < -0.3 is 15.8 Å². The fraction of sp³-hybridized carbons (Fsp3) is 0.944. The van der Waals surface area contributed by atoms with Gasteiger partial charge in [-0.15, -0.1) is 0 Å². The summed E-state index contributed by atoms with van der Waals surface area (Å²) in [7, 11) is 0. The van der Waals surface area contributed by atoms with Gasteiger partial charge in [-0.1, -0.05) is 45.4 Å². The summed E-state index contributed by atoms with van der Waals surface area (Å²) >= 11 is 0. The SMILES string of the molecule is CCCCCCCC[C@](N)(C(=O)OC(C)(C)C)C1CCNC1. The van der Waals surface area contributed by atoms with Crippen molar-refractivity contribution in [1.82, 2.24) is 5.32 Å². The predicted octanol–water partition coefficient (Wildman–Crippen LogP) is 3.39. The molecule has 2 atom stereocenters. The zero-order valence-corrected chi connectivity index (χ0v) is 15.0. The van der Waals surface area contributed by atoms with E-state index in [-0.39, 0.29) is 11.9 Å². The molecule has 1 aliphatic heterocycles. The lowest BCUT2D eigenvalue weighted by molar-refractivity contribution is -0.164. The summed E-state index contributed by atoms with van der Waals surface area (Å²) in [6, 6.07) is 0. The average molecular weight is 312 g/mol. The second-order valence-electron chi connectivity index (χ2n) is 7.75. The number of ether oxygens (including phenoxy) is 1. The molecule has 1 fully saturated rings. The van der Waals surface area contributed by atoms with E-state index in [9.17, 15) is 4.79 Å². The van der Waals surface area contributed by atoms with Gasteiger partial charge in [0, 0.05) is 12.5 Å². The predicted molar refractivity (Wildman–Crippen MR) is 91.7 cm³/mol. The number of esters is 1. The fourth-order valence-corrected chi connectivity index (χ4v) is 3.14. The van der Waals surface area contributed by atoms with Crippen molar-refractivity contribution in [2.45, 2.75) is 90.2 Å². The molecule has 0 aromatic heterocycles. The van der Waals surface area contributed by atoms with Crippen molar-refractivity contribution in [3.8, 4) is 0 Å². The summed E-state index contributed by atoms with van der Waals surface area (Å²) in [5, 5.41) is 3.33. The molecule has 3 N–H and O–H groups in total. The van der Waals surface area contributed by atoms with Crippen LogP contribution in [0.5, 0.6) is 0 Å². The van der Waals surface area contributed by atoms with E-state index in [0.717, 1.165) is 38.8 Å². The van der Waals surface area contributed by atoms with Crippen LogP contribution < -0.4 is 11.1 Å². The summed E-state index contributed by atoms with van der Waals surface area (Å²) in [4.78, 5) is 12.7. The molecule has 22 heavy (non-hydrogen) atoms. The first-order valence-electron chi connectivity index (χ1n) is 9.02. The van der Waals surface area contributed by atoms with Crippen molar-refractivity contribution in [3.63, 3.8) is 0 Å². The monoisotopic (exact) mass is 312 g/mol. The third-order valence-corrected chi connectivity index (χ3v) is 4.51. The Morgan fingerprint density at radius 2 is 1.82 bits per heavy atom. The van der Waals surface area contributed by atoms with E-state index in [1.165, 1.54) is 25.7 Å². The Labute approximate surface area is 136 Å². The number of nitrogens with one attached hydrogen (secondary N) is 1. The molecule has 1 unspecified atom stereocenters. The minimum Gasteiger partial charge on any atom is -0.459 e. The molecule has 1 aliphatic rings. The number of nitrogens with two attached hydrogens (primary N) is 1. The van der Waals surface area contributed by atoms with Gasteiger partial charge in [0.15, 0.2) is 0 Å². The summed E-state index contributed by atoms with van der Waals surface area (Å²) in [6.07, 6.45) is 8.94. The maximum atomic E-state index is 12.7. The quantitative estimate of drug-likeness (QED) is 0.506. The molecule has 4 nitrogen and oxygen atoms in total. The molecule has 0 saturated carbocycles. The number of carbonyl (C=O) groups excluding carboxylic acids is 1. The smallest absolute Gasteiger partial charge is 0.326 e. The van der Waals surface area contributed by atoms with E-state index < -0.39 is 11.1 Å². The Hall–Kier alpha value is -0.610. The van der Waals surface area contributed by atoms with Crippen molar-refractivity contribution >= 4 is 5.97 Å². The Balaban J connectivity index is 2.56. The second kappa shape index (κ2) is 8.88. The van der Waals surface area contributed by atoms with Gasteiger partial charge in [-0.25, -0.2) is 0 Å². The van der Waals surface area contributed by atoms with E-state index in [1.807, 2.05) is 20.8 Å². The van der Waals surface area contributed by atoms with Gasteiger partial charge in [-0.3, -0.25) is 4.79 Å². The van der Waals surface area contributed by atoms with E-state index in [0.29, 0.717) is 0 Å². The van der Waals surface area contributed by atoms with Gasteiger partial charge in [-0.2, -0.15) is 0 Å². The van der Waals surface area contributed by atoms with Crippen LogP contribution in [0.4, 0.5) is 0 Å². The lowest BCUT2D eigenvalue weighted by atomic mass is 9.79. The van der Waals surface area contributed by atoms with E-state index in [2.05, 4.69) is 12.2 Å². The van der Waals surface area contributed by atoms with Crippen LogP contribution in [-0.4, -0.2) is 30.2 Å². The van der Waals surface area contributed by atoms with Crippen LogP contribution in [0.1, 0.15) is 79.1 Å². The molecule has 4 heteroatoms. The minimum atomic E-state index is -0.832. The first-order valence-corrected chi connectivity index (χ1v) is 9.02. The van der Waals surface area contributed by atoms with E-state index in [4.69, 9.17) is 10.5 Å². The number of hydrogen-bond acceptors (Lipinski definition) is 4. The topological polar surface area (TPSA) is 64.4 Å². The highest BCUT2D eigenvalue weighted by Crippen LogP contribution is 2.30.